The highest BCUT2D eigenvalue weighted by atomic mass is 32.2. The van der Waals surface area contributed by atoms with E-state index < -0.39 is 41.8 Å². The van der Waals surface area contributed by atoms with Gasteiger partial charge in [-0.2, -0.15) is 0 Å². The average molecular weight is 441 g/mol. The summed E-state index contributed by atoms with van der Waals surface area (Å²) in [7, 11) is 0. The zero-order valence-corrected chi connectivity index (χ0v) is 16.5. The molecule has 0 bridgehead atoms. The number of oxime groups is 1. The van der Waals surface area contributed by atoms with Crippen molar-refractivity contribution in [2.24, 2.45) is 5.16 Å². The van der Waals surface area contributed by atoms with Gasteiger partial charge in [-0.25, -0.2) is 14.6 Å². The lowest BCUT2D eigenvalue weighted by molar-refractivity contribution is -0.150. The number of thiazole rings is 1. The number of nitrogens with zero attached hydrogens (tertiary/aromatic N) is 3. The number of hydrogen-bond acceptors (Lipinski definition) is 10. The summed E-state index contributed by atoms with van der Waals surface area (Å²) in [6, 6.07) is -0.976. The first-order valence-corrected chi connectivity index (χ1v) is 9.95. The molecule has 0 radical (unpaired) electrons. The number of carbonyl (C=O) groups excluding carboxylic acids is 2. The third-order valence-electron chi connectivity index (χ3n) is 3.97. The van der Waals surface area contributed by atoms with Gasteiger partial charge in [-0.3, -0.25) is 14.5 Å². The Balaban J connectivity index is 1.78. The lowest BCUT2D eigenvalue weighted by Gasteiger charge is -2.49. The molecule has 2 unspecified atom stereocenters. The molecule has 3 heterocycles. The van der Waals surface area contributed by atoms with Crippen LogP contribution in [0.2, 0.25) is 0 Å². The van der Waals surface area contributed by atoms with Gasteiger partial charge in [0.2, 0.25) is 6.61 Å². The van der Waals surface area contributed by atoms with Gasteiger partial charge in [-0.05, 0) is 12.5 Å². The largest absolute Gasteiger partial charge is 0.479 e. The van der Waals surface area contributed by atoms with Crippen molar-refractivity contribution < 1.29 is 34.2 Å². The van der Waals surface area contributed by atoms with E-state index in [1.165, 1.54) is 17.1 Å². The molecule has 0 aliphatic carbocycles. The molecule has 3 rings (SSSR count). The Bertz CT molecular complexity index is 957. The second kappa shape index (κ2) is 8.08. The van der Waals surface area contributed by atoms with Crippen LogP contribution < -0.4 is 11.1 Å². The van der Waals surface area contributed by atoms with E-state index in [1.807, 2.05) is 0 Å². The Labute approximate surface area is 171 Å². The minimum Gasteiger partial charge on any atom is -0.479 e. The Morgan fingerprint density at radius 1 is 1.45 bits per heavy atom. The molecule has 0 spiro atoms. The van der Waals surface area contributed by atoms with Gasteiger partial charge in [0.15, 0.2) is 10.8 Å². The molecule has 29 heavy (non-hydrogen) atoms. The topological polar surface area (TPSA) is 185 Å². The number of nitrogen functional groups attached to an aromatic ring is 1. The Morgan fingerprint density at radius 3 is 2.76 bits per heavy atom. The number of thioether (sulfide) groups is 1. The number of hydrogen-bond donors (Lipinski definition) is 4. The van der Waals surface area contributed by atoms with Crippen LogP contribution in [0.15, 0.2) is 21.8 Å². The molecule has 2 atom stereocenters. The third-order valence-corrected chi connectivity index (χ3v) is 6.07. The first-order valence-electron chi connectivity index (χ1n) is 8.02. The molecular formula is C15H15N5O7S2. The van der Waals surface area contributed by atoms with Crippen LogP contribution in [0.1, 0.15) is 12.6 Å². The molecular weight excluding hydrogens is 426 g/mol. The van der Waals surface area contributed by atoms with Gasteiger partial charge in [0, 0.05) is 11.1 Å². The van der Waals surface area contributed by atoms with E-state index in [-0.39, 0.29) is 22.2 Å². The van der Waals surface area contributed by atoms with Crippen LogP contribution >= 0.6 is 23.1 Å². The first kappa shape index (κ1) is 20.6. The van der Waals surface area contributed by atoms with Crippen molar-refractivity contribution in [3.63, 3.8) is 0 Å². The summed E-state index contributed by atoms with van der Waals surface area (Å²) in [4.78, 5) is 56.9. The number of nitrogens with one attached hydrogen (secondary N) is 1. The van der Waals surface area contributed by atoms with Gasteiger partial charge >= 0.3 is 11.9 Å². The fourth-order valence-corrected chi connectivity index (χ4v) is 4.58. The summed E-state index contributed by atoms with van der Waals surface area (Å²) in [6.07, 6.45) is 0. The summed E-state index contributed by atoms with van der Waals surface area (Å²) in [5.41, 5.74) is 5.73. The van der Waals surface area contributed by atoms with Crippen molar-refractivity contribution in [2.75, 3.05) is 18.1 Å². The molecule has 2 aliphatic heterocycles. The number of aromatic nitrogens is 1. The molecule has 1 aromatic rings. The number of carboxylic acid groups (broad SMARTS) is 2. The van der Waals surface area contributed by atoms with Crippen LogP contribution in [0.4, 0.5) is 5.13 Å². The van der Waals surface area contributed by atoms with Gasteiger partial charge in [0.05, 0.1) is 0 Å². The van der Waals surface area contributed by atoms with E-state index in [0.29, 0.717) is 11.3 Å². The van der Waals surface area contributed by atoms with Gasteiger partial charge in [-0.15, -0.1) is 23.1 Å². The predicted molar refractivity (Wildman–Crippen MR) is 102 cm³/mol. The van der Waals surface area contributed by atoms with Gasteiger partial charge in [0.1, 0.15) is 22.8 Å². The monoisotopic (exact) mass is 441 g/mol. The van der Waals surface area contributed by atoms with Crippen LogP contribution in [-0.4, -0.2) is 73.3 Å². The number of anilines is 1. The van der Waals surface area contributed by atoms with Crippen molar-refractivity contribution in [2.45, 2.75) is 18.3 Å². The van der Waals surface area contributed by atoms with Crippen molar-refractivity contribution in [1.29, 1.82) is 0 Å². The quantitative estimate of drug-likeness (QED) is 0.239. The SMILES string of the molecule is CC1=C(C(=O)O)N2C(=O)C(NC(=O)C(=NOCC(=O)O)c3csc(N)n3)C2SC1. The number of nitrogens with two attached hydrogens (primary N) is 1. The molecule has 1 fully saturated rings. The maximum atomic E-state index is 12.7. The van der Waals surface area contributed by atoms with E-state index in [1.54, 1.807) is 6.92 Å². The second-order valence-corrected chi connectivity index (χ2v) is 7.97. The normalized spacial score (nSPS) is 21.3. The fraction of sp³-hybridized carbons (Fsp3) is 0.333. The van der Waals surface area contributed by atoms with Crippen LogP contribution in [0.3, 0.4) is 0 Å². The number of rotatable bonds is 7. The number of carbonyl (C=O) groups is 4. The van der Waals surface area contributed by atoms with Crippen molar-refractivity contribution in [3.8, 4) is 0 Å². The number of fused-ring (bicyclic) bond motifs is 1. The van der Waals surface area contributed by atoms with Crippen LogP contribution in [0.5, 0.6) is 0 Å². The summed E-state index contributed by atoms with van der Waals surface area (Å²) >= 11 is 2.35. The van der Waals surface area contributed by atoms with Gasteiger partial charge in [-0.1, -0.05) is 5.16 Å². The lowest BCUT2D eigenvalue weighted by Crippen LogP contribution is -2.71. The average Bonchev–Trinajstić information content (AvgIpc) is 3.08. The molecule has 2 amide bonds. The smallest absolute Gasteiger partial charge is 0.352 e. The van der Waals surface area contributed by atoms with Gasteiger partial charge in [0.25, 0.3) is 11.8 Å². The highest BCUT2D eigenvalue weighted by molar-refractivity contribution is 8.00. The zero-order chi connectivity index (χ0) is 21.3. The molecule has 1 aromatic heterocycles. The predicted octanol–water partition coefficient (Wildman–Crippen LogP) is -0.711. The van der Waals surface area contributed by atoms with Crippen LogP contribution in [0, 0.1) is 0 Å². The fourth-order valence-electron chi connectivity index (χ4n) is 2.74. The van der Waals surface area contributed by atoms with E-state index in [2.05, 4.69) is 20.3 Å². The standard InChI is InChI=1S/C15H15N5O7S2/c1-5-3-28-13-9(12(24)20(13)10(5)14(25)26)18-11(23)8(19-27-2-7(21)22)6-4-29-15(16)17-6/h4,9,13H,2-3H2,1H3,(H2,16,17)(H,18,23)(H,21,22)(H,25,26). The molecule has 0 aromatic carbocycles. The molecule has 154 valence electrons. The van der Waals surface area contributed by atoms with E-state index in [9.17, 15) is 24.3 Å². The number of aliphatic carboxylic acids is 2. The minimum absolute atomic E-state index is 0.0530. The molecule has 5 N–H and O–H groups in total. The summed E-state index contributed by atoms with van der Waals surface area (Å²) in [5, 5.41) is 25.0. The molecule has 1 saturated heterocycles. The maximum Gasteiger partial charge on any atom is 0.352 e. The first-order chi connectivity index (χ1) is 13.7. The van der Waals surface area contributed by atoms with Crippen molar-refractivity contribution >= 4 is 57.7 Å². The van der Waals surface area contributed by atoms with Crippen molar-refractivity contribution in [3.05, 3.63) is 22.3 Å². The van der Waals surface area contributed by atoms with Gasteiger partial charge < -0.3 is 26.1 Å². The van der Waals surface area contributed by atoms with E-state index >= 15 is 0 Å². The highest BCUT2D eigenvalue weighted by Crippen LogP contribution is 2.40. The van der Waals surface area contributed by atoms with Crippen LogP contribution in [-0.2, 0) is 24.0 Å². The molecule has 14 heteroatoms. The maximum absolute atomic E-state index is 12.7. The summed E-state index contributed by atoms with van der Waals surface area (Å²) in [5.74, 6) is -3.52. The number of carboxylic acids is 2. The highest BCUT2D eigenvalue weighted by Gasteiger charge is 2.54. The van der Waals surface area contributed by atoms with E-state index in [4.69, 9.17) is 10.8 Å². The van der Waals surface area contributed by atoms with Crippen LogP contribution in [0.25, 0.3) is 0 Å². The minimum atomic E-state index is -1.29. The summed E-state index contributed by atoms with van der Waals surface area (Å²) < 4.78 is 0. The lowest BCUT2D eigenvalue weighted by atomic mass is 10.0. The summed E-state index contributed by atoms with van der Waals surface area (Å²) in [6.45, 7) is 0.847. The zero-order valence-electron chi connectivity index (χ0n) is 14.8. The Kier molecular flexibility index (Phi) is 5.74. The third kappa shape index (κ3) is 4.02. The van der Waals surface area contributed by atoms with Crippen molar-refractivity contribution in [1.82, 2.24) is 15.2 Å². The molecule has 2 aliphatic rings. The second-order valence-electron chi connectivity index (χ2n) is 5.97. The Morgan fingerprint density at radius 2 is 2.17 bits per heavy atom. The number of amides is 2. The Hall–Kier alpha value is -3.13. The molecule has 12 nitrogen and oxygen atoms in total. The van der Waals surface area contributed by atoms with E-state index in [0.717, 1.165) is 16.2 Å². The molecule has 0 saturated carbocycles. The number of β-lactam (4-membered cyclic amide) rings is 1.